The lowest BCUT2D eigenvalue weighted by atomic mass is 10.2. The van der Waals surface area contributed by atoms with Gasteiger partial charge in [-0.3, -0.25) is 0 Å². The number of aromatic nitrogens is 2. The Balaban J connectivity index is 2.09. The molecule has 0 atom stereocenters. The summed E-state index contributed by atoms with van der Waals surface area (Å²) in [4.78, 5) is 0. The molecule has 0 unspecified atom stereocenters. The zero-order valence-electron chi connectivity index (χ0n) is 11.0. The summed E-state index contributed by atoms with van der Waals surface area (Å²) in [6.45, 7) is 6.30. The maximum Gasteiger partial charge on any atom is 0.0790 e. The molecular formula is C14H17BrClN3. The van der Waals surface area contributed by atoms with E-state index in [1.807, 2.05) is 6.07 Å². The number of halogens is 2. The highest BCUT2D eigenvalue weighted by molar-refractivity contribution is 9.10. The summed E-state index contributed by atoms with van der Waals surface area (Å²) in [7, 11) is 0. The van der Waals surface area contributed by atoms with Gasteiger partial charge in [0, 0.05) is 17.2 Å². The second-order valence-corrected chi connectivity index (χ2v) is 6.20. The van der Waals surface area contributed by atoms with Crippen molar-refractivity contribution < 1.29 is 0 Å². The molecule has 0 saturated heterocycles. The van der Waals surface area contributed by atoms with Gasteiger partial charge in [-0.15, -0.1) is 0 Å². The molecule has 5 heteroatoms. The molecule has 19 heavy (non-hydrogen) atoms. The molecule has 3 nitrogen and oxygen atoms in total. The van der Waals surface area contributed by atoms with Crippen molar-refractivity contribution >= 4 is 27.5 Å². The van der Waals surface area contributed by atoms with Gasteiger partial charge in [0.2, 0.25) is 0 Å². The topological polar surface area (TPSA) is 29.9 Å². The molecule has 0 amide bonds. The lowest BCUT2D eigenvalue weighted by molar-refractivity contribution is 0.552. The highest BCUT2D eigenvalue weighted by Crippen LogP contribution is 2.23. The maximum atomic E-state index is 5.88. The third-order valence-corrected chi connectivity index (χ3v) is 3.52. The van der Waals surface area contributed by atoms with Crippen molar-refractivity contribution in [3.63, 3.8) is 0 Å². The van der Waals surface area contributed by atoms with E-state index in [4.69, 9.17) is 11.6 Å². The Morgan fingerprint density at radius 1 is 1.42 bits per heavy atom. The molecule has 0 fully saturated rings. The van der Waals surface area contributed by atoms with Crippen molar-refractivity contribution in [2.24, 2.45) is 5.92 Å². The predicted octanol–water partition coefficient (Wildman–Crippen LogP) is 4.03. The van der Waals surface area contributed by atoms with E-state index in [0.29, 0.717) is 10.9 Å². The summed E-state index contributed by atoms with van der Waals surface area (Å²) in [5.41, 5.74) is 2.23. The van der Waals surface area contributed by atoms with Crippen LogP contribution in [0.5, 0.6) is 0 Å². The monoisotopic (exact) mass is 341 g/mol. The van der Waals surface area contributed by atoms with Crippen LogP contribution < -0.4 is 5.32 Å². The molecule has 0 aliphatic rings. The maximum absolute atomic E-state index is 5.88. The highest BCUT2D eigenvalue weighted by Gasteiger charge is 2.05. The van der Waals surface area contributed by atoms with Crippen LogP contribution in [0, 0.1) is 5.92 Å². The minimum absolute atomic E-state index is 0.634. The van der Waals surface area contributed by atoms with Gasteiger partial charge in [0.05, 0.1) is 16.9 Å². The number of hydrogen-bond donors (Lipinski definition) is 1. The molecule has 0 aliphatic heterocycles. The standard InChI is InChI=1S/C14H17BrClN3/c1-10(2)6-17-7-11-3-4-14(13(15)5-11)19-9-12(16)8-18-19/h3-5,8-10,17H,6-7H2,1-2H3. The molecule has 1 aromatic heterocycles. The van der Waals surface area contributed by atoms with Crippen LogP contribution in [0.4, 0.5) is 0 Å². The fourth-order valence-electron chi connectivity index (χ4n) is 1.78. The van der Waals surface area contributed by atoms with Gasteiger partial charge in [-0.1, -0.05) is 31.5 Å². The van der Waals surface area contributed by atoms with Crippen LogP contribution in [-0.4, -0.2) is 16.3 Å². The third kappa shape index (κ3) is 4.06. The van der Waals surface area contributed by atoms with E-state index in [2.05, 4.69) is 52.3 Å². The first kappa shape index (κ1) is 14.6. The van der Waals surface area contributed by atoms with Crippen molar-refractivity contribution in [3.8, 4) is 5.69 Å². The quantitative estimate of drug-likeness (QED) is 0.889. The Morgan fingerprint density at radius 3 is 2.79 bits per heavy atom. The summed E-state index contributed by atoms with van der Waals surface area (Å²) in [6, 6.07) is 6.25. The molecule has 0 spiro atoms. The van der Waals surface area contributed by atoms with Crippen LogP contribution in [0.1, 0.15) is 19.4 Å². The molecule has 1 heterocycles. The van der Waals surface area contributed by atoms with Crippen molar-refractivity contribution in [2.75, 3.05) is 6.54 Å². The highest BCUT2D eigenvalue weighted by atomic mass is 79.9. The van der Waals surface area contributed by atoms with Gasteiger partial charge >= 0.3 is 0 Å². The Bertz CT molecular complexity index is 551. The van der Waals surface area contributed by atoms with Crippen molar-refractivity contribution in [1.29, 1.82) is 0 Å². The van der Waals surface area contributed by atoms with Crippen LogP contribution in [0.2, 0.25) is 5.02 Å². The fraction of sp³-hybridized carbons (Fsp3) is 0.357. The summed E-state index contributed by atoms with van der Waals surface area (Å²) in [5, 5.41) is 8.26. The zero-order chi connectivity index (χ0) is 13.8. The second kappa shape index (κ2) is 6.55. The van der Waals surface area contributed by atoms with Gasteiger partial charge in [-0.25, -0.2) is 4.68 Å². The summed E-state index contributed by atoms with van der Waals surface area (Å²) in [6.07, 6.45) is 3.42. The molecule has 0 aliphatic carbocycles. The average Bonchev–Trinajstić information content (AvgIpc) is 2.75. The number of rotatable bonds is 5. The van der Waals surface area contributed by atoms with Gasteiger partial charge in [0.15, 0.2) is 0 Å². The Morgan fingerprint density at radius 2 is 2.21 bits per heavy atom. The minimum Gasteiger partial charge on any atom is -0.312 e. The number of hydrogen-bond acceptors (Lipinski definition) is 2. The van der Waals surface area contributed by atoms with Crippen LogP contribution >= 0.6 is 27.5 Å². The van der Waals surface area contributed by atoms with Gasteiger partial charge in [0.1, 0.15) is 0 Å². The number of nitrogens with one attached hydrogen (secondary N) is 1. The molecule has 1 aromatic carbocycles. The van der Waals surface area contributed by atoms with E-state index in [9.17, 15) is 0 Å². The lowest BCUT2D eigenvalue weighted by Crippen LogP contribution is -2.18. The minimum atomic E-state index is 0.634. The van der Waals surface area contributed by atoms with Crippen LogP contribution in [0.15, 0.2) is 35.1 Å². The van der Waals surface area contributed by atoms with E-state index in [0.717, 1.165) is 23.2 Å². The number of benzene rings is 1. The molecule has 2 aromatic rings. The molecule has 2 rings (SSSR count). The molecule has 0 saturated carbocycles. The van der Waals surface area contributed by atoms with E-state index < -0.39 is 0 Å². The first-order chi connectivity index (χ1) is 9.06. The SMILES string of the molecule is CC(C)CNCc1ccc(-n2cc(Cl)cn2)c(Br)c1. The van der Waals surface area contributed by atoms with E-state index >= 15 is 0 Å². The molecular weight excluding hydrogens is 326 g/mol. The summed E-state index contributed by atoms with van der Waals surface area (Å²) >= 11 is 9.47. The smallest absolute Gasteiger partial charge is 0.0790 e. The first-order valence-electron chi connectivity index (χ1n) is 6.26. The summed E-state index contributed by atoms with van der Waals surface area (Å²) in [5.74, 6) is 0.661. The van der Waals surface area contributed by atoms with Gasteiger partial charge in [-0.05, 0) is 46.1 Å². The van der Waals surface area contributed by atoms with Crippen LogP contribution in [-0.2, 0) is 6.54 Å². The average molecular weight is 343 g/mol. The predicted molar refractivity (Wildman–Crippen MR) is 82.8 cm³/mol. The van der Waals surface area contributed by atoms with E-state index in [1.54, 1.807) is 17.1 Å². The van der Waals surface area contributed by atoms with Gasteiger partial charge < -0.3 is 5.32 Å². The van der Waals surface area contributed by atoms with Crippen LogP contribution in [0.25, 0.3) is 5.69 Å². The van der Waals surface area contributed by atoms with E-state index in [1.165, 1.54) is 5.56 Å². The number of nitrogens with zero attached hydrogens (tertiary/aromatic N) is 2. The fourth-order valence-corrected chi connectivity index (χ4v) is 2.53. The van der Waals surface area contributed by atoms with Crippen molar-refractivity contribution in [2.45, 2.75) is 20.4 Å². The molecule has 0 bridgehead atoms. The Hall–Kier alpha value is -0.840. The van der Waals surface area contributed by atoms with Gasteiger partial charge in [0.25, 0.3) is 0 Å². The second-order valence-electron chi connectivity index (χ2n) is 4.91. The summed E-state index contributed by atoms with van der Waals surface area (Å²) < 4.78 is 2.77. The lowest BCUT2D eigenvalue weighted by Gasteiger charge is -2.10. The van der Waals surface area contributed by atoms with E-state index in [-0.39, 0.29) is 0 Å². The largest absolute Gasteiger partial charge is 0.312 e. The Kier molecular flexibility index (Phi) is 5.02. The normalized spacial score (nSPS) is 11.2. The molecule has 1 N–H and O–H groups in total. The first-order valence-corrected chi connectivity index (χ1v) is 7.43. The van der Waals surface area contributed by atoms with Crippen molar-refractivity contribution in [1.82, 2.24) is 15.1 Å². The van der Waals surface area contributed by atoms with Gasteiger partial charge in [-0.2, -0.15) is 5.10 Å². The Labute approximate surface area is 127 Å². The van der Waals surface area contributed by atoms with Crippen molar-refractivity contribution in [3.05, 3.63) is 45.7 Å². The zero-order valence-corrected chi connectivity index (χ0v) is 13.4. The van der Waals surface area contributed by atoms with Crippen LogP contribution in [0.3, 0.4) is 0 Å². The molecule has 102 valence electrons. The third-order valence-electron chi connectivity index (χ3n) is 2.69. The molecule has 0 radical (unpaired) electrons.